The Balaban J connectivity index is 1.76. The smallest absolute Gasteiger partial charge is 0.272 e. The highest BCUT2D eigenvalue weighted by molar-refractivity contribution is 9.11. The van der Waals surface area contributed by atoms with Gasteiger partial charge in [-0.2, -0.15) is 5.10 Å². The number of rotatable bonds is 4. The summed E-state index contributed by atoms with van der Waals surface area (Å²) in [6.45, 7) is 4.02. The molecule has 0 atom stereocenters. The second kappa shape index (κ2) is 8.51. The van der Waals surface area contributed by atoms with Crippen LogP contribution in [0.3, 0.4) is 0 Å². The van der Waals surface area contributed by atoms with E-state index in [2.05, 4.69) is 47.0 Å². The lowest BCUT2D eigenvalue weighted by Crippen LogP contribution is -2.18. The van der Waals surface area contributed by atoms with Crippen molar-refractivity contribution in [2.75, 3.05) is 0 Å². The lowest BCUT2D eigenvalue weighted by atomic mass is 10.2. The highest BCUT2D eigenvalue weighted by Crippen LogP contribution is 2.32. The van der Waals surface area contributed by atoms with Gasteiger partial charge in [-0.3, -0.25) is 4.79 Å². The Morgan fingerprint density at radius 3 is 2.29 bits per heavy atom. The molecule has 0 spiro atoms. The van der Waals surface area contributed by atoms with E-state index in [1.807, 2.05) is 32.0 Å². The van der Waals surface area contributed by atoms with Crippen LogP contribution in [0.15, 0.2) is 56.5 Å². The predicted molar refractivity (Wildman–Crippen MR) is 119 cm³/mol. The normalized spacial score (nSPS) is 11.2. The van der Waals surface area contributed by atoms with Crippen molar-refractivity contribution < 1.29 is 9.90 Å². The number of hydrazone groups is 1. The third kappa shape index (κ3) is 4.32. The molecule has 5 nitrogen and oxygen atoms in total. The SMILES string of the molecule is Cc1ccc(C)n1-c1ccc(C(=O)N/N=C\c2cc(Br)c(O)c(Br)c2)c(Cl)c1. The third-order valence-corrected chi connectivity index (χ3v) is 5.67. The lowest BCUT2D eigenvalue weighted by Gasteiger charge is -2.11. The van der Waals surface area contributed by atoms with Crippen molar-refractivity contribution in [2.24, 2.45) is 5.10 Å². The summed E-state index contributed by atoms with van der Waals surface area (Å²) in [6.07, 6.45) is 1.47. The van der Waals surface area contributed by atoms with Crippen molar-refractivity contribution in [1.82, 2.24) is 9.99 Å². The average Bonchev–Trinajstić information content (AvgIpc) is 2.97. The second-order valence-corrected chi connectivity index (χ2v) is 8.26. The molecular weight excluding hydrogens is 510 g/mol. The fourth-order valence-electron chi connectivity index (χ4n) is 2.79. The standard InChI is InChI=1S/C20H16Br2ClN3O2/c1-11-3-4-12(2)26(11)14-5-6-15(18(23)9-14)20(28)25-24-10-13-7-16(21)19(27)17(22)8-13/h3-10,27H,1-2H3,(H,25,28)/b24-10-. The molecule has 0 aliphatic heterocycles. The molecule has 1 amide bonds. The van der Waals surface area contributed by atoms with Gasteiger partial charge in [0.2, 0.25) is 0 Å². The van der Waals surface area contributed by atoms with Crippen LogP contribution in [0.4, 0.5) is 0 Å². The van der Waals surface area contributed by atoms with Crippen LogP contribution in [0, 0.1) is 13.8 Å². The summed E-state index contributed by atoms with van der Waals surface area (Å²) in [6, 6.07) is 12.7. The van der Waals surface area contributed by atoms with Crippen LogP contribution in [-0.4, -0.2) is 21.8 Å². The summed E-state index contributed by atoms with van der Waals surface area (Å²) < 4.78 is 3.10. The predicted octanol–water partition coefficient (Wildman–Crippen LogP) is 5.74. The summed E-state index contributed by atoms with van der Waals surface area (Å²) in [5.74, 6) is -0.313. The molecule has 144 valence electrons. The Labute approximate surface area is 184 Å². The lowest BCUT2D eigenvalue weighted by molar-refractivity contribution is 0.0955. The number of carbonyl (C=O) groups is 1. The molecule has 0 aliphatic carbocycles. The Bertz CT molecular complexity index is 1050. The van der Waals surface area contributed by atoms with Gasteiger partial charge in [0.15, 0.2) is 0 Å². The summed E-state index contributed by atoms with van der Waals surface area (Å²) in [4.78, 5) is 12.4. The van der Waals surface area contributed by atoms with Gasteiger partial charge in [-0.1, -0.05) is 11.6 Å². The van der Waals surface area contributed by atoms with Crippen molar-refractivity contribution in [1.29, 1.82) is 0 Å². The molecule has 1 heterocycles. The molecule has 0 fully saturated rings. The van der Waals surface area contributed by atoms with Crippen LogP contribution in [-0.2, 0) is 0 Å². The molecule has 0 saturated carbocycles. The monoisotopic (exact) mass is 523 g/mol. The highest BCUT2D eigenvalue weighted by Gasteiger charge is 2.12. The number of aromatic nitrogens is 1. The van der Waals surface area contributed by atoms with E-state index in [4.69, 9.17) is 11.6 Å². The molecule has 3 rings (SSSR count). The second-order valence-electron chi connectivity index (χ2n) is 6.15. The zero-order valence-electron chi connectivity index (χ0n) is 15.0. The Morgan fingerprint density at radius 2 is 1.71 bits per heavy atom. The van der Waals surface area contributed by atoms with Gasteiger partial charge >= 0.3 is 0 Å². The molecule has 0 saturated heterocycles. The largest absolute Gasteiger partial charge is 0.506 e. The van der Waals surface area contributed by atoms with Crippen LogP contribution < -0.4 is 5.43 Å². The number of aromatic hydroxyl groups is 1. The van der Waals surface area contributed by atoms with Crippen molar-refractivity contribution in [3.63, 3.8) is 0 Å². The van der Waals surface area contributed by atoms with E-state index in [-0.39, 0.29) is 5.75 Å². The first-order valence-electron chi connectivity index (χ1n) is 8.24. The van der Waals surface area contributed by atoms with Crippen molar-refractivity contribution in [3.8, 4) is 11.4 Å². The number of benzene rings is 2. The van der Waals surface area contributed by atoms with Crippen LogP contribution in [0.5, 0.6) is 5.75 Å². The average molecular weight is 526 g/mol. The van der Waals surface area contributed by atoms with Crippen molar-refractivity contribution in [3.05, 3.63) is 78.9 Å². The number of phenols is 1. The maximum Gasteiger partial charge on any atom is 0.272 e. The van der Waals surface area contributed by atoms with Crippen molar-refractivity contribution in [2.45, 2.75) is 13.8 Å². The summed E-state index contributed by atoms with van der Waals surface area (Å²) in [7, 11) is 0. The summed E-state index contributed by atoms with van der Waals surface area (Å²) in [5, 5.41) is 14.0. The van der Waals surface area contributed by atoms with Crippen LogP contribution >= 0.6 is 43.5 Å². The van der Waals surface area contributed by atoms with Crippen LogP contribution in [0.2, 0.25) is 5.02 Å². The number of hydrogen-bond donors (Lipinski definition) is 2. The number of nitrogens with zero attached hydrogens (tertiary/aromatic N) is 2. The quantitative estimate of drug-likeness (QED) is 0.337. The van der Waals surface area contributed by atoms with Crippen LogP contribution in [0.25, 0.3) is 5.69 Å². The van der Waals surface area contributed by atoms with Crippen LogP contribution in [0.1, 0.15) is 27.3 Å². The van der Waals surface area contributed by atoms with E-state index >= 15 is 0 Å². The zero-order valence-corrected chi connectivity index (χ0v) is 18.9. The molecule has 3 aromatic rings. The first-order valence-corrected chi connectivity index (χ1v) is 10.2. The number of nitrogens with one attached hydrogen (secondary N) is 1. The minimum Gasteiger partial charge on any atom is -0.506 e. The molecule has 0 unspecified atom stereocenters. The van der Waals surface area contributed by atoms with E-state index < -0.39 is 5.91 Å². The fraction of sp³-hybridized carbons (Fsp3) is 0.100. The topological polar surface area (TPSA) is 66.6 Å². The number of halogens is 3. The number of hydrogen-bond acceptors (Lipinski definition) is 3. The van der Waals surface area contributed by atoms with E-state index in [0.29, 0.717) is 25.1 Å². The maximum atomic E-state index is 12.4. The van der Waals surface area contributed by atoms with E-state index in [9.17, 15) is 9.90 Å². The first-order chi connectivity index (χ1) is 13.3. The number of amides is 1. The highest BCUT2D eigenvalue weighted by atomic mass is 79.9. The van der Waals surface area contributed by atoms with E-state index in [1.54, 1.807) is 24.3 Å². The molecule has 8 heteroatoms. The Kier molecular flexibility index (Phi) is 6.27. The van der Waals surface area contributed by atoms with Gasteiger partial charge in [-0.15, -0.1) is 0 Å². The molecule has 1 aromatic heterocycles. The number of phenolic OH excluding ortho intramolecular Hbond substituents is 1. The molecular formula is C20H16Br2ClN3O2. The number of carbonyl (C=O) groups excluding carboxylic acids is 1. The number of aryl methyl sites for hydroxylation is 2. The van der Waals surface area contributed by atoms with E-state index in [1.165, 1.54) is 6.21 Å². The summed E-state index contributed by atoms with van der Waals surface area (Å²) >= 11 is 12.8. The Hall–Kier alpha value is -2.09. The van der Waals surface area contributed by atoms with Gasteiger partial charge in [0.25, 0.3) is 5.91 Å². The Morgan fingerprint density at radius 1 is 1.11 bits per heavy atom. The van der Waals surface area contributed by atoms with E-state index in [0.717, 1.165) is 17.1 Å². The minimum atomic E-state index is -0.411. The summed E-state index contributed by atoms with van der Waals surface area (Å²) in [5.41, 5.74) is 6.55. The van der Waals surface area contributed by atoms with Gasteiger partial charge in [0, 0.05) is 17.1 Å². The van der Waals surface area contributed by atoms with Gasteiger partial charge < -0.3 is 9.67 Å². The minimum absolute atomic E-state index is 0.0984. The third-order valence-electron chi connectivity index (χ3n) is 4.15. The van der Waals surface area contributed by atoms with Gasteiger partial charge in [0.1, 0.15) is 5.75 Å². The van der Waals surface area contributed by atoms with Crippen molar-refractivity contribution >= 4 is 55.6 Å². The molecule has 0 radical (unpaired) electrons. The van der Waals surface area contributed by atoms with Gasteiger partial charge in [-0.05, 0) is 93.7 Å². The fourth-order valence-corrected chi connectivity index (χ4v) is 4.27. The maximum absolute atomic E-state index is 12.4. The zero-order chi connectivity index (χ0) is 20.4. The molecule has 0 bridgehead atoms. The molecule has 2 aromatic carbocycles. The molecule has 0 aliphatic rings. The van der Waals surface area contributed by atoms with Gasteiger partial charge in [0.05, 0.1) is 25.7 Å². The first kappa shape index (κ1) is 20.6. The molecule has 2 N–H and O–H groups in total. The van der Waals surface area contributed by atoms with Gasteiger partial charge in [-0.25, -0.2) is 5.43 Å². The molecule has 28 heavy (non-hydrogen) atoms.